The molecule has 0 saturated heterocycles. The molecule has 2 aromatic carbocycles. The average molecular weight is 355 g/mol. The van der Waals surface area contributed by atoms with Gasteiger partial charge < -0.3 is 4.74 Å². The normalized spacial score (nSPS) is 12.0. The minimum Gasteiger partial charge on any atom is -0.483 e. The van der Waals surface area contributed by atoms with Crippen LogP contribution in [0.15, 0.2) is 42.5 Å². The van der Waals surface area contributed by atoms with E-state index in [1.807, 2.05) is 18.2 Å². The predicted octanol–water partition coefficient (Wildman–Crippen LogP) is 4.51. The summed E-state index contributed by atoms with van der Waals surface area (Å²) in [6.07, 6.45) is 0. The first kappa shape index (κ1) is 15.6. The van der Waals surface area contributed by atoms with Crippen LogP contribution in [0.4, 0.5) is 8.78 Å². The molecule has 0 spiro atoms. The van der Waals surface area contributed by atoms with Gasteiger partial charge in [0.25, 0.3) is 0 Å². The summed E-state index contributed by atoms with van der Waals surface area (Å²) in [6.45, 7) is 1.65. The van der Waals surface area contributed by atoms with E-state index in [-0.39, 0.29) is 18.0 Å². The van der Waals surface area contributed by atoms with E-state index < -0.39 is 22.2 Å². The fourth-order valence-electron chi connectivity index (χ4n) is 1.80. The SMILES string of the molecule is C[C@H](Br)C(=O)c1cc(F)c(OCc2ccccc2)c(F)c1. The molecule has 110 valence electrons. The van der Waals surface area contributed by atoms with E-state index in [0.717, 1.165) is 17.7 Å². The molecule has 2 rings (SSSR count). The number of halogens is 3. The van der Waals surface area contributed by atoms with E-state index in [4.69, 9.17) is 4.74 Å². The van der Waals surface area contributed by atoms with Crippen LogP contribution >= 0.6 is 15.9 Å². The van der Waals surface area contributed by atoms with Crippen LogP contribution in [0.5, 0.6) is 5.75 Å². The van der Waals surface area contributed by atoms with E-state index in [1.165, 1.54) is 0 Å². The third-order valence-corrected chi connectivity index (χ3v) is 3.29. The van der Waals surface area contributed by atoms with Gasteiger partial charge in [-0.3, -0.25) is 4.79 Å². The summed E-state index contributed by atoms with van der Waals surface area (Å²) in [5, 5.41) is 0. The lowest BCUT2D eigenvalue weighted by Gasteiger charge is -2.10. The summed E-state index contributed by atoms with van der Waals surface area (Å²) in [7, 11) is 0. The van der Waals surface area contributed by atoms with Crippen molar-refractivity contribution in [3.8, 4) is 5.75 Å². The fourth-order valence-corrected chi connectivity index (χ4v) is 2.06. The Balaban J connectivity index is 2.19. The lowest BCUT2D eigenvalue weighted by Crippen LogP contribution is -2.11. The monoisotopic (exact) mass is 354 g/mol. The summed E-state index contributed by atoms with van der Waals surface area (Å²) in [4.78, 5) is 11.2. The lowest BCUT2D eigenvalue weighted by atomic mass is 10.1. The highest BCUT2D eigenvalue weighted by atomic mass is 79.9. The molecule has 0 aromatic heterocycles. The summed E-state index contributed by atoms with van der Waals surface area (Å²) in [5.74, 6) is -2.63. The van der Waals surface area contributed by atoms with Crippen molar-refractivity contribution >= 4 is 21.7 Å². The van der Waals surface area contributed by atoms with Crippen molar-refractivity contribution in [3.05, 3.63) is 65.2 Å². The maximum absolute atomic E-state index is 13.9. The molecule has 0 aliphatic heterocycles. The second kappa shape index (κ2) is 6.80. The molecular formula is C16H13BrF2O2. The van der Waals surface area contributed by atoms with Gasteiger partial charge in [0.05, 0.1) is 4.83 Å². The summed E-state index contributed by atoms with van der Waals surface area (Å²) in [6, 6.07) is 11.0. The van der Waals surface area contributed by atoms with E-state index in [9.17, 15) is 13.6 Å². The van der Waals surface area contributed by atoms with Crippen LogP contribution in [0, 0.1) is 11.6 Å². The van der Waals surface area contributed by atoms with Crippen LogP contribution in [-0.4, -0.2) is 10.6 Å². The van der Waals surface area contributed by atoms with E-state index in [1.54, 1.807) is 19.1 Å². The summed E-state index contributed by atoms with van der Waals surface area (Å²) >= 11 is 3.08. The molecule has 0 bridgehead atoms. The average Bonchev–Trinajstić information content (AvgIpc) is 2.46. The first-order valence-corrected chi connectivity index (χ1v) is 7.24. The van der Waals surface area contributed by atoms with Crippen molar-refractivity contribution in [2.24, 2.45) is 0 Å². The van der Waals surface area contributed by atoms with Crippen LogP contribution in [0.3, 0.4) is 0 Å². The van der Waals surface area contributed by atoms with Gasteiger partial charge >= 0.3 is 0 Å². The van der Waals surface area contributed by atoms with Crippen molar-refractivity contribution in [3.63, 3.8) is 0 Å². The van der Waals surface area contributed by atoms with Gasteiger partial charge in [-0.05, 0) is 24.6 Å². The third kappa shape index (κ3) is 3.88. The number of benzene rings is 2. The molecule has 0 aliphatic carbocycles. The van der Waals surface area contributed by atoms with Gasteiger partial charge in [0.1, 0.15) is 6.61 Å². The Morgan fingerprint density at radius 2 is 1.76 bits per heavy atom. The van der Waals surface area contributed by atoms with Crippen molar-refractivity contribution < 1.29 is 18.3 Å². The quantitative estimate of drug-likeness (QED) is 0.583. The maximum atomic E-state index is 13.9. The number of carbonyl (C=O) groups excluding carboxylic acids is 1. The molecule has 0 N–H and O–H groups in total. The largest absolute Gasteiger partial charge is 0.483 e. The highest BCUT2D eigenvalue weighted by Gasteiger charge is 2.19. The molecular weight excluding hydrogens is 342 g/mol. The number of ether oxygens (including phenoxy) is 1. The van der Waals surface area contributed by atoms with E-state index in [2.05, 4.69) is 15.9 Å². The molecule has 0 fully saturated rings. The Labute approximate surface area is 129 Å². The van der Waals surface area contributed by atoms with E-state index >= 15 is 0 Å². The number of hydrogen-bond acceptors (Lipinski definition) is 2. The zero-order valence-corrected chi connectivity index (χ0v) is 12.9. The number of alkyl halides is 1. The smallest absolute Gasteiger partial charge is 0.191 e. The van der Waals surface area contributed by atoms with Gasteiger partial charge in [-0.25, -0.2) is 8.78 Å². The van der Waals surface area contributed by atoms with Gasteiger partial charge in [0.2, 0.25) is 0 Å². The van der Waals surface area contributed by atoms with Gasteiger partial charge in [-0.15, -0.1) is 0 Å². The molecule has 0 amide bonds. The molecule has 2 nitrogen and oxygen atoms in total. The van der Waals surface area contributed by atoms with Crippen molar-refractivity contribution in [1.29, 1.82) is 0 Å². The first-order chi connectivity index (χ1) is 9.99. The van der Waals surface area contributed by atoms with Crippen LogP contribution in [0.1, 0.15) is 22.8 Å². The zero-order chi connectivity index (χ0) is 15.4. The second-order valence-electron chi connectivity index (χ2n) is 4.52. The number of Topliss-reactive ketones (excluding diaryl/α,β-unsaturated/α-hetero) is 1. The third-order valence-electron chi connectivity index (χ3n) is 2.87. The number of hydrogen-bond donors (Lipinski definition) is 0. The molecule has 21 heavy (non-hydrogen) atoms. The van der Waals surface area contributed by atoms with Crippen molar-refractivity contribution in [1.82, 2.24) is 0 Å². The van der Waals surface area contributed by atoms with Crippen molar-refractivity contribution in [2.45, 2.75) is 18.4 Å². The Hall–Kier alpha value is -1.75. The van der Waals surface area contributed by atoms with Crippen LogP contribution in [0.2, 0.25) is 0 Å². The lowest BCUT2D eigenvalue weighted by molar-refractivity contribution is 0.0994. The summed E-state index contributed by atoms with van der Waals surface area (Å²) < 4.78 is 33.0. The first-order valence-electron chi connectivity index (χ1n) is 6.33. The highest BCUT2D eigenvalue weighted by Crippen LogP contribution is 2.25. The number of carbonyl (C=O) groups is 1. The number of rotatable bonds is 5. The Kier molecular flexibility index (Phi) is 5.07. The molecule has 1 atom stereocenters. The Bertz CT molecular complexity index is 619. The van der Waals surface area contributed by atoms with Crippen LogP contribution in [0.25, 0.3) is 0 Å². The minimum absolute atomic E-state index is 0.0264. The Morgan fingerprint density at radius 3 is 2.29 bits per heavy atom. The van der Waals surface area contributed by atoms with E-state index in [0.29, 0.717) is 0 Å². The zero-order valence-electron chi connectivity index (χ0n) is 11.3. The van der Waals surface area contributed by atoms with Gasteiger partial charge in [0, 0.05) is 5.56 Å². The van der Waals surface area contributed by atoms with Crippen molar-refractivity contribution in [2.75, 3.05) is 0 Å². The molecule has 0 unspecified atom stereocenters. The standard InChI is InChI=1S/C16H13BrF2O2/c1-10(17)15(20)12-7-13(18)16(14(19)8-12)21-9-11-5-3-2-4-6-11/h2-8,10H,9H2,1H3/t10-/m0/s1. The van der Waals surface area contributed by atoms with Crippen LogP contribution in [-0.2, 0) is 6.61 Å². The van der Waals surface area contributed by atoms with Crippen LogP contribution < -0.4 is 4.74 Å². The van der Waals surface area contributed by atoms with Gasteiger partial charge in [0.15, 0.2) is 23.2 Å². The molecule has 5 heteroatoms. The second-order valence-corrected chi connectivity index (χ2v) is 5.90. The predicted molar refractivity (Wildman–Crippen MR) is 79.9 cm³/mol. The molecule has 0 radical (unpaired) electrons. The molecule has 0 heterocycles. The molecule has 2 aromatic rings. The summed E-state index contributed by atoms with van der Waals surface area (Å²) in [5.41, 5.74) is 0.770. The highest BCUT2D eigenvalue weighted by molar-refractivity contribution is 9.10. The Morgan fingerprint density at radius 1 is 1.19 bits per heavy atom. The molecule has 0 aliphatic rings. The minimum atomic E-state index is -0.887. The van der Waals surface area contributed by atoms with Gasteiger partial charge in [-0.2, -0.15) is 0 Å². The maximum Gasteiger partial charge on any atom is 0.191 e. The molecule has 0 saturated carbocycles. The number of ketones is 1. The fraction of sp³-hybridized carbons (Fsp3) is 0.188. The van der Waals surface area contributed by atoms with Gasteiger partial charge in [-0.1, -0.05) is 46.3 Å². The topological polar surface area (TPSA) is 26.3 Å².